The number of allylic oxidation sites excluding steroid dienone is 4. The van der Waals surface area contributed by atoms with Gasteiger partial charge in [0.15, 0.2) is 0 Å². The zero-order valence-electron chi connectivity index (χ0n) is 32.0. The molecule has 2 unspecified atom stereocenters. The highest BCUT2D eigenvalue weighted by Crippen LogP contribution is 2.48. The van der Waals surface area contributed by atoms with Crippen LogP contribution in [0, 0.1) is 35.5 Å². The molecule has 8 rings (SSSR count). The molecule has 52 heavy (non-hydrogen) atoms. The Hall–Kier alpha value is -3.52. The first-order valence-electron chi connectivity index (χ1n) is 21.4. The minimum Gasteiger partial charge on any atom is -0.507 e. The number of rotatable bonds is 9. The van der Waals surface area contributed by atoms with Gasteiger partial charge in [-0.2, -0.15) is 0 Å². The van der Waals surface area contributed by atoms with E-state index >= 15 is 0 Å². The quantitative estimate of drug-likeness (QED) is 0.183. The minimum atomic E-state index is 0.213. The molecule has 0 aliphatic heterocycles. The summed E-state index contributed by atoms with van der Waals surface area (Å²) in [5.74, 6) is 5.89. The van der Waals surface area contributed by atoms with Crippen molar-refractivity contribution in [1.82, 2.24) is 0 Å². The van der Waals surface area contributed by atoms with Crippen LogP contribution in [0.2, 0.25) is 0 Å². The first kappa shape index (κ1) is 35.5. The van der Waals surface area contributed by atoms with Crippen LogP contribution in [-0.2, 0) is 0 Å². The predicted molar refractivity (Wildman–Crippen MR) is 222 cm³/mol. The van der Waals surface area contributed by atoms with Gasteiger partial charge in [-0.05, 0) is 168 Å². The standard InChI is InChI=1S/C50H62O2/c1-3-5-33-7-11-35(12-8-33)37-15-19-39(20-16-37)41-23-27-45-43(31-41)25-29-47(51)49(45)50-46-28-24-42(32-44(46)26-30-48(50)52)40-21-17-38(18-22-40)36-13-9-34(6-4-2)10-14-36/h19,21,23-38,51-52H,3-18,20,22H2,1-2H3/t33-,34-,35-,36-,37?,38?. The minimum absolute atomic E-state index is 0.213. The molecule has 4 aromatic rings. The molecule has 4 aliphatic rings. The van der Waals surface area contributed by atoms with E-state index in [1.807, 2.05) is 24.3 Å². The van der Waals surface area contributed by atoms with E-state index in [1.165, 1.54) is 125 Å². The van der Waals surface area contributed by atoms with Gasteiger partial charge in [0, 0.05) is 11.1 Å². The topological polar surface area (TPSA) is 40.5 Å². The van der Waals surface area contributed by atoms with Crippen molar-refractivity contribution in [2.75, 3.05) is 0 Å². The van der Waals surface area contributed by atoms with Crippen molar-refractivity contribution < 1.29 is 10.2 Å². The van der Waals surface area contributed by atoms with Crippen molar-refractivity contribution in [2.24, 2.45) is 35.5 Å². The molecular weight excluding hydrogens is 633 g/mol. The highest BCUT2D eigenvalue weighted by atomic mass is 16.3. The average molecular weight is 695 g/mol. The van der Waals surface area contributed by atoms with Crippen LogP contribution in [0.5, 0.6) is 11.5 Å². The molecule has 2 fully saturated rings. The highest BCUT2D eigenvalue weighted by Gasteiger charge is 2.30. The van der Waals surface area contributed by atoms with E-state index in [1.54, 1.807) is 0 Å². The summed E-state index contributed by atoms with van der Waals surface area (Å²) in [5, 5.41) is 26.9. The monoisotopic (exact) mass is 694 g/mol. The van der Waals surface area contributed by atoms with Gasteiger partial charge in [0.05, 0.1) is 0 Å². The molecule has 4 aliphatic carbocycles. The number of fused-ring (bicyclic) bond motifs is 2. The largest absolute Gasteiger partial charge is 0.507 e. The van der Waals surface area contributed by atoms with Gasteiger partial charge in [0.1, 0.15) is 11.5 Å². The molecule has 0 heterocycles. The van der Waals surface area contributed by atoms with Gasteiger partial charge in [-0.1, -0.05) is 114 Å². The first-order chi connectivity index (χ1) is 25.5. The number of aromatic hydroxyl groups is 2. The first-order valence-corrected chi connectivity index (χ1v) is 21.4. The number of phenolic OH excluding ortho intramolecular Hbond substituents is 2. The van der Waals surface area contributed by atoms with Gasteiger partial charge in [-0.3, -0.25) is 0 Å². The van der Waals surface area contributed by atoms with Gasteiger partial charge in [0.2, 0.25) is 0 Å². The number of hydrogen-bond acceptors (Lipinski definition) is 2. The molecule has 2 N–H and O–H groups in total. The third-order valence-electron chi connectivity index (χ3n) is 14.4. The Labute approximate surface area is 313 Å². The van der Waals surface area contributed by atoms with Crippen LogP contribution in [0.25, 0.3) is 43.8 Å². The third-order valence-corrected chi connectivity index (χ3v) is 14.4. The number of hydrogen-bond donors (Lipinski definition) is 2. The molecule has 0 aromatic heterocycles. The Morgan fingerprint density at radius 2 is 0.904 bits per heavy atom. The summed E-state index contributed by atoms with van der Waals surface area (Å²) in [7, 11) is 0. The van der Waals surface area contributed by atoms with Gasteiger partial charge in [-0.25, -0.2) is 0 Å². The summed E-state index contributed by atoms with van der Waals surface area (Å²) in [6.07, 6.45) is 29.4. The summed E-state index contributed by atoms with van der Waals surface area (Å²) < 4.78 is 0. The van der Waals surface area contributed by atoms with Gasteiger partial charge in [-0.15, -0.1) is 0 Å². The molecule has 2 heteroatoms. The van der Waals surface area contributed by atoms with Crippen LogP contribution in [0.4, 0.5) is 0 Å². The molecule has 2 atom stereocenters. The van der Waals surface area contributed by atoms with Crippen molar-refractivity contribution >= 4 is 32.7 Å². The lowest BCUT2D eigenvalue weighted by atomic mass is 9.70. The molecule has 2 nitrogen and oxygen atoms in total. The van der Waals surface area contributed by atoms with E-state index in [2.05, 4.69) is 62.4 Å². The van der Waals surface area contributed by atoms with E-state index in [0.717, 1.165) is 81.0 Å². The molecule has 4 aromatic carbocycles. The summed E-state index contributed by atoms with van der Waals surface area (Å²) in [6.45, 7) is 4.67. The number of benzene rings is 4. The molecule has 0 spiro atoms. The lowest BCUT2D eigenvalue weighted by Crippen LogP contribution is -2.23. The SMILES string of the molecule is CCC[C@H]1CC[C@H](C2CC=C(c3ccc4c(-c5c(O)ccc6cc(C7=CCC([C@H]8CC[C@H](CCC)CC8)CC7)ccc56)c(O)ccc4c3)CC2)CC1. The van der Waals surface area contributed by atoms with Crippen molar-refractivity contribution in [3.05, 3.63) is 83.9 Å². The number of phenols is 2. The summed E-state index contributed by atoms with van der Waals surface area (Å²) in [6, 6.07) is 21.2. The van der Waals surface area contributed by atoms with Gasteiger partial charge >= 0.3 is 0 Å². The van der Waals surface area contributed by atoms with Gasteiger partial charge in [0.25, 0.3) is 0 Å². The summed E-state index contributed by atoms with van der Waals surface area (Å²) in [4.78, 5) is 0. The summed E-state index contributed by atoms with van der Waals surface area (Å²) in [5.41, 5.74) is 6.99. The molecule has 0 saturated heterocycles. The fraction of sp³-hybridized carbons (Fsp3) is 0.520. The maximum absolute atomic E-state index is 11.4. The van der Waals surface area contributed by atoms with E-state index in [-0.39, 0.29) is 11.5 Å². The zero-order valence-corrected chi connectivity index (χ0v) is 32.0. The molecule has 0 bridgehead atoms. The Balaban J connectivity index is 1.01. The smallest absolute Gasteiger partial charge is 0.124 e. The van der Waals surface area contributed by atoms with Crippen LogP contribution in [0.3, 0.4) is 0 Å². The summed E-state index contributed by atoms with van der Waals surface area (Å²) >= 11 is 0. The van der Waals surface area contributed by atoms with Crippen LogP contribution >= 0.6 is 0 Å². The lowest BCUT2D eigenvalue weighted by Gasteiger charge is -2.35. The van der Waals surface area contributed by atoms with Crippen LogP contribution < -0.4 is 0 Å². The predicted octanol–water partition coefficient (Wildman–Crippen LogP) is 14.7. The van der Waals surface area contributed by atoms with Gasteiger partial charge < -0.3 is 10.2 Å². The van der Waals surface area contributed by atoms with Crippen molar-refractivity contribution in [3.8, 4) is 22.6 Å². The lowest BCUT2D eigenvalue weighted by molar-refractivity contribution is 0.189. The van der Waals surface area contributed by atoms with Crippen LogP contribution in [0.15, 0.2) is 72.8 Å². The maximum Gasteiger partial charge on any atom is 0.124 e. The zero-order chi connectivity index (χ0) is 35.6. The van der Waals surface area contributed by atoms with Crippen LogP contribution in [0.1, 0.15) is 141 Å². The van der Waals surface area contributed by atoms with Crippen LogP contribution in [-0.4, -0.2) is 10.2 Å². The van der Waals surface area contributed by atoms with E-state index < -0.39 is 0 Å². The van der Waals surface area contributed by atoms with Crippen molar-refractivity contribution in [2.45, 2.75) is 129 Å². The van der Waals surface area contributed by atoms with E-state index in [0.29, 0.717) is 0 Å². The Morgan fingerprint density at radius 3 is 1.27 bits per heavy atom. The molecule has 274 valence electrons. The maximum atomic E-state index is 11.4. The molecule has 2 saturated carbocycles. The Bertz CT molecular complexity index is 1790. The second-order valence-corrected chi connectivity index (χ2v) is 17.5. The molecule has 0 amide bonds. The second kappa shape index (κ2) is 15.8. The van der Waals surface area contributed by atoms with Crippen molar-refractivity contribution in [3.63, 3.8) is 0 Å². The fourth-order valence-corrected chi connectivity index (χ4v) is 11.4. The Morgan fingerprint density at radius 1 is 0.481 bits per heavy atom. The van der Waals surface area contributed by atoms with Crippen molar-refractivity contribution in [1.29, 1.82) is 0 Å². The molecule has 0 radical (unpaired) electrons. The Kier molecular flexibility index (Phi) is 10.8. The third kappa shape index (κ3) is 7.34. The average Bonchev–Trinajstić information content (AvgIpc) is 3.19. The second-order valence-electron chi connectivity index (χ2n) is 17.5. The normalized spacial score (nSPS) is 27.0. The van der Waals surface area contributed by atoms with E-state index in [9.17, 15) is 10.2 Å². The fourth-order valence-electron chi connectivity index (χ4n) is 11.4. The van der Waals surface area contributed by atoms with E-state index in [4.69, 9.17) is 0 Å². The molecular formula is C50H62O2. The highest BCUT2D eigenvalue weighted by molar-refractivity contribution is 6.10.